The molecular weight excluding hydrogens is 254 g/mol. The second-order valence-corrected chi connectivity index (χ2v) is 5.58. The molecule has 0 heterocycles. The fourth-order valence-electron chi connectivity index (χ4n) is 1.78. The van der Waals surface area contributed by atoms with Crippen LogP contribution in [0.1, 0.15) is 45.6 Å². The predicted octanol–water partition coefficient (Wildman–Crippen LogP) is 3.03. The number of hydrogen-bond acceptors (Lipinski definition) is 3. The molecule has 4 heteroatoms. The van der Waals surface area contributed by atoms with E-state index in [0.29, 0.717) is 18.2 Å². The predicted molar refractivity (Wildman–Crippen MR) is 80.4 cm³/mol. The molecule has 2 N–H and O–H groups in total. The Morgan fingerprint density at radius 2 is 2.15 bits per heavy atom. The minimum Gasteiger partial charge on any atom is -0.491 e. The highest BCUT2D eigenvalue weighted by Crippen LogP contribution is 2.21. The van der Waals surface area contributed by atoms with Crippen molar-refractivity contribution in [1.82, 2.24) is 5.32 Å². The van der Waals surface area contributed by atoms with E-state index in [1.165, 1.54) is 5.56 Å². The molecule has 0 aliphatic heterocycles. The van der Waals surface area contributed by atoms with Crippen LogP contribution in [0.2, 0.25) is 0 Å². The topological polar surface area (TPSA) is 58.6 Å². The molecule has 0 saturated heterocycles. The molecule has 1 unspecified atom stereocenters. The molecule has 20 heavy (non-hydrogen) atoms. The Labute approximate surface area is 121 Å². The van der Waals surface area contributed by atoms with Crippen LogP contribution in [0.15, 0.2) is 24.3 Å². The monoisotopic (exact) mass is 279 g/mol. The zero-order valence-corrected chi connectivity index (χ0v) is 12.8. The summed E-state index contributed by atoms with van der Waals surface area (Å²) in [5, 5.41) is 12.4. The van der Waals surface area contributed by atoms with Gasteiger partial charge in [-0.05, 0) is 43.5 Å². The van der Waals surface area contributed by atoms with Crippen LogP contribution in [0.4, 0.5) is 0 Å². The van der Waals surface area contributed by atoms with Gasteiger partial charge in [-0.2, -0.15) is 0 Å². The first-order valence-electron chi connectivity index (χ1n) is 7.10. The fraction of sp³-hybridized carbons (Fsp3) is 0.562. The van der Waals surface area contributed by atoms with Crippen molar-refractivity contribution in [3.8, 4) is 5.75 Å². The number of carbonyl (C=O) groups is 1. The number of carboxylic acids is 1. The molecule has 1 atom stereocenters. The van der Waals surface area contributed by atoms with Crippen molar-refractivity contribution in [3.05, 3.63) is 29.8 Å². The zero-order valence-electron chi connectivity index (χ0n) is 12.8. The van der Waals surface area contributed by atoms with Crippen molar-refractivity contribution in [1.29, 1.82) is 0 Å². The Morgan fingerprint density at radius 1 is 1.45 bits per heavy atom. The van der Waals surface area contributed by atoms with Gasteiger partial charge >= 0.3 is 5.97 Å². The lowest BCUT2D eigenvalue weighted by atomic mass is 10.0. The van der Waals surface area contributed by atoms with Crippen molar-refractivity contribution >= 4 is 5.97 Å². The Hall–Kier alpha value is -1.55. The summed E-state index contributed by atoms with van der Waals surface area (Å²) in [5.74, 6) is 0.232. The van der Waals surface area contributed by atoms with E-state index in [1.807, 2.05) is 31.2 Å². The Kier molecular flexibility index (Phi) is 6.02. The lowest BCUT2D eigenvalue weighted by Gasteiger charge is -2.26. The van der Waals surface area contributed by atoms with Gasteiger partial charge in [0.05, 0.1) is 0 Å². The summed E-state index contributed by atoms with van der Waals surface area (Å²) >= 11 is 0. The highest BCUT2D eigenvalue weighted by Gasteiger charge is 2.33. The van der Waals surface area contributed by atoms with Crippen LogP contribution < -0.4 is 10.1 Å². The van der Waals surface area contributed by atoms with E-state index in [1.54, 1.807) is 6.92 Å². The quantitative estimate of drug-likeness (QED) is 0.768. The summed E-state index contributed by atoms with van der Waals surface area (Å²) in [5.41, 5.74) is 0.116. The Morgan fingerprint density at radius 3 is 2.70 bits per heavy atom. The van der Waals surface area contributed by atoms with Crippen LogP contribution in [0, 0.1) is 0 Å². The first-order valence-corrected chi connectivity index (χ1v) is 7.10. The molecule has 0 spiro atoms. The van der Waals surface area contributed by atoms with E-state index < -0.39 is 11.5 Å². The number of nitrogens with one attached hydrogen (secondary N) is 1. The van der Waals surface area contributed by atoms with E-state index in [2.05, 4.69) is 19.2 Å². The van der Waals surface area contributed by atoms with E-state index in [0.717, 1.165) is 6.42 Å². The average Bonchev–Trinajstić information content (AvgIpc) is 2.43. The Balaban J connectivity index is 2.72. The fourth-order valence-corrected chi connectivity index (χ4v) is 1.78. The van der Waals surface area contributed by atoms with Crippen molar-refractivity contribution in [3.63, 3.8) is 0 Å². The van der Waals surface area contributed by atoms with E-state index in [9.17, 15) is 9.90 Å². The van der Waals surface area contributed by atoms with Crippen molar-refractivity contribution in [2.24, 2.45) is 0 Å². The molecule has 0 amide bonds. The van der Waals surface area contributed by atoms with Gasteiger partial charge in [-0.15, -0.1) is 0 Å². The summed E-state index contributed by atoms with van der Waals surface area (Å²) in [6.45, 7) is 8.63. The maximum absolute atomic E-state index is 11.4. The number of aliphatic carboxylic acids is 1. The van der Waals surface area contributed by atoms with Crippen LogP contribution in [-0.2, 0) is 4.79 Å². The largest absolute Gasteiger partial charge is 0.491 e. The molecule has 4 nitrogen and oxygen atoms in total. The minimum atomic E-state index is -1.07. The number of carboxylic acid groups (broad SMARTS) is 1. The van der Waals surface area contributed by atoms with Crippen molar-refractivity contribution < 1.29 is 14.6 Å². The first-order chi connectivity index (χ1) is 9.39. The third-order valence-electron chi connectivity index (χ3n) is 3.29. The SMILES string of the molecule is CCCNC(C)(COc1cccc(C(C)C)c1)C(=O)O. The second kappa shape index (κ2) is 7.29. The third kappa shape index (κ3) is 4.53. The van der Waals surface area contributed by atoms with Crippen LogP contribution in [0.5, 0.6) is 5.75 Å². The van der Waals surface area contributed by atoms with Gasteiger partial charge in [-0.3, -0.25) is 10.1 Å². The normalized spacial score (nSPS) is 14.1. The molecule has 0 aliphatic rings. The molecule has 1 aromatic rings. The minimum absolute atomic E-state index is 0.101. The number of hydrogen-bond donors (Lipinski definition) is 2. The first kappa shape index (κ1) is 16.5. The van der Waals surface area contributed by atoms with Gasteiger partial charge in [0.1, 0.15) is 17.9 Å². The average molecular weight is 279 g/mol. The third-order valence-corrected chi connectivity index (χ3v) is 3.29. The van der Waals surface area contributed by atoms with Crippen LogP contribution in [0.25, 0.3) is 0 Å². The molecule has 0 aliphatic carbocycles. The van der Waals surface area contributed by atoms with Crippen LogP contribution >= 0.6 is 0 Å². The van der Waals surface area contributed by atoms with Gasteiger partial charge in [-0.1, -0.05) is 32.9 Å². The van der Waals surface area contributed by atoms with E-state index in [4.69, 9.17) is 4.74 Å². The van der Waals surface area contributed by atoms with E-state index in [-0.39, 0.29) is 6.61 Å². The van der Waals surface area contributed by atoms with Crippen LogP contribution in [-0.4, -0.2) is 29.8 Å². The highest BCUT2D eigenvalue weighted by molar-refractivity contribution is 5.78. The Bertz CT molecular complexity index is 445. The molecule has 112 valence electrons. The van der Waals surface area contributed by atoms with E-state index >= 15 is 0 Å². The summed E-state index contributed by atoms with van der Waals surface area (Å²) < 4.78 is 5.68. The molecule has 1 rings (SSSR count). The molecular formula is C16H25NO3. The standard InChI is InChI=1S/C16H25NO3/c1-5-9-17-16(4,15(18)19)11-20-14-8-6-7-13(10-14)12(2)3/h6-8,10,12,17H,5,9,11H2,1-4H3,(H,18,19). The molecule has 0 aromatic heterocycles. The summed E-state index contributed by atoms with van der Waals surface area (Å²) in [4.78, 5) is 11.4. The molecule has 1 aromatic carbocycles. The van der Waals surface area contributed by atoms with Gasteiger partial charge in [0.25, 0.3) is 0 Å². The molecule has 0 fully saturated rings. The summed E-state index contributed by atoms with van der Waals surface area (Å²) in [7, 11) is 0. The molecule has 0 bridgehead atoms. The van der Waals surface area contributed by atoms with Gasteiger partial charge in [0.2, 0.25) is 0 Å². The number of benzene rings is 1. The lowest BCUT2D eigenvalue weighted by molar-refractivity contribution is -0.145. The van der Waals surface area contributed by atoms with Crippen molar-refractivity contribution in [2.75, 3.05) is 13.2 Å². The van der Waals surface area contributed by atoms with Gasteiger partial charge in [0, 0.05) is 0 Å². The summed E-state index contributed by atoms with van der Waals surface area (Å²) in [6, 6.07) is 7.80. The highest BCUT2D eigenvalue weighted by atomic mass is 16.5. The van der Waals surface area contributed by atoms with Gasteiger partial charge in [-0.25, -0.2) is 0 Å². The molecule has 0 saturated carbocycles. The van der Waals surface area contributed by atoms with Crippen LogP contribution in [0.3, 0.4) is 0 Å². The van der Waals surface area contributed by atoms with Gasteiger partial charge < -0.3 is 9.84 Å². The maximum atomic E-state index is 11.4. The molecule has 0 radical (unpaired) electrons. The summed E-state index contributed by atoms with van der Waals surface area (Å²) in [6.07, 6.45) is 0.881. The smallest absolute Gasteiger partial charge is 0.327 e. The maximum Gasteiger partial charge on any atom is 0.327 e. The van der Waals surface area contributed by atoms with Gasteiger partial charge in [0.15, 0.2) is 0 Å². The number of ether oxygens (including phenoxy) is 1. The lowest BCUT2D eigenvalue weighted by Crippen LogP contribution is -2.54. The number of rotatable bonds is 8. The second-order valence-electron chi connectivity index (χ2n) is 5.58. The van der Waals surface area contributed by atoms with Crippen molar-refractivity contribution in [2.45, 2.75) is 45.6 Å². The zero-order chi connectivity index (χ0) is 15.2.